The molecule has 0 saturated carbocycles. The molecule has 0 saturated heterocycles. The molecule has 0 heterocycles. The first-order chi connectivity index (χ1) is 11.1. The second kappa shape index (κ2) is 10.8. The summed E-state index contributed by atoms with van der Waals surface area (Å²) in [6.45, 7) is 1.76. The number of nitrogens with one attached hydrogen (secondary N) is 1. The van der Waals surface area contributed by atoms with E-state index in [0.717, 1.165) is 30.6 Å². The number of benzene rings is 1. The number of unbranched alkanes of at least 4 members (excludes halogenated alkanes) is 2. The Bertz CT molecular complexity index is 484. The number of carbonyl (C=O) groups excluding carboxylic acids is 1. The van der Waals surface area contributed by atoms with E-state index in [2.05, 4.69) is 12.2 Å². The Kier molecular flexibility index (Phi) is 9.02. The first kappa shape index (κ1) is 19.2. The lowest BCUT2D eigenvalue weighted by molar-refractivity contribution is -0.123. The van der Waals surface area contributed by atoms with Gasteiger partial charge in [-0.05, 0) is 24.1 Å². The van der Waals surface area contributed by atoms with Crippen molar-refractivity contribution in [1.29, 1.82) is 0 Å². The summed E-state index contributed by atoms with van der Waals surface area (Å²) in [5.41, 5.74) is 0.899. The maximum absolute atomic E-state index is 11.8. The van der Waals surface area contributed by atoms with Crippen molar-refractivity contribution in [3.63, 3.8) is 0 Å². The van der Waals surface area contributed by atoms with E-state index in [1.54, 1.807) is 19.3 Å². The van der Waals surface area contributed by atoms with Crippen LogP contribution in [-0.2, 0) is 4.79 Å². The maximum atomic E-state index is 11.8. The summed E-state index contributed by atoms with van der Waals surface area (Å²) < 4.78 is 5.08. The quantitative estimate of drug-likeness (QED) is 0.577. The summed E-state index contributed by atoms with van der Waals surface area (Å²) >= 11 is 0. The molecule has 0 fully saturated rings. The number of carbonyl (C=O) groups is 1. The molecule has 0 spiro atoms. The van der Waals surface area contributed by atoms with Crippen molar-refractivity contribution in [3.8, 4) is 5.75 Å². The van der Waals surface area contributed by atoms with Gasteiger partial charge in [-0.3, -0.25) is 4.79 Å². The molecule has 0 aliphatic heterocycles. The van der Waals surface area contributed by atoms with Crippen LogP contribution in [0.15, 0.2) is 30.3 Å². The standard InChI is InChI=1S/C18H27NO4/c1-3-4-5-6-18(22)19-16(13-20)17(21)12-9-14-7-10-15(23-2)11-8-14/h7-12,16-17,20-21H,3-6,13H2,1-2H3,(H,19,22)/b12-9+/t16-,17+/m0/s1. The second-order valence-electron chi connectivity index (χ2n) is 5.44. The van der Waals surface area contributed by atoms with Gasteiger partial charge in [0.2, 0.25) is 5.91 Å². The van der Waals surface area contributed by atoms with E-state index in [1.165, 1.54) is 0 Å². The van der Waals surface area contributed by atoms with Crippen LogP contribution in [0.1, 0.15) is 38.2 Å². The summed E-state index contributed by atoms with van der Waals surface area (Å²) in [6, 6.07) is 6.67. The molecule has 5 heteroatoms. The van der Waals surface area contributed by atoms with Crippen molar-refractivity contribution in [2.75, 3.05) is 13.7 Å². The Morgan fingerprint density at radius 1 is 1.30 bits per heavy atom. The van der Waals surface area contributed by atoms with Gasteiger partial charge < -0.3 is 20.3 Å². The SMILES string of the molecule is CCCCCC(=O)N[C@@H](CO)[C@H](O)/C=C/c1ccc(OC)cc1. The highest BCUT2D eigenvalue weighted by molar-refractivity contribution is 5.76. The Hall–Kier alpha value is -1.85. The van der Waals surface area contributed by atoms with E-state index >= 15 is 0 Å². The van der Waals surface area contributed by atoms with E-state index < -0.39 is 12.1 Å². The molecule has 0 aliphatic carbocycles. The number of methoxy groups -OCH3 is 1. The van der Waals surface area contributed by atoms with Gasteiger partial charge in [0.15, 0.2) is 0 Å². The molecule has 128 valence electrons. The lowest BCUT2D eigenvalue weighted by atomic mass is 10.1. The van der Waals surface area contributed by atoms with E-state index in [1.807, 2.05) is 24.3 Å². The number of ether oxygens (including phenoxy) is 1. The van der Waals surface area contributed by atoms with Crippen LogP contribution < -0.4 is 10.1 Å². The molecule has 3 N–H and O–H groups in total. The normalized spacial score (nSPS) is 13.7. The fourth-order valence-corrected chi connectivity index (χ4v) is 2.11. The van der Waals surface area contributed by atoms with Gasteiger partial charge in [-0.2, -0.15) is 0 Å². The molecule has 1 amide bonds. The van der Waals surface area contributed by atoms with Crippen molar-refractivity contribution >= 4 is 12.0 Å². The molecule has 5 nitrogen and oxygen atoms in total. The van der Waals surface area contributed by atoms with Crippen molar-refractivity contribution < 1.29 is 19.7 Å². The maximum Gasteiger partial charge on any atom is 0.220 e. The van der Waals surface area contributed by atoms with E-state index in [-0.39, 0.29) is 12.5 Å². The molecule has 1 rings (SSSR count). The number of aliphatic hydroxyl groups excluding tert-OH is 2. The van der Waals surface area contributed by atoms with Crippen molar-refractivity contribution in [3.05, 3.63) is 35.9 Å². The highest BCUT2D eigenvalue weighted by Crippen LogP contribution is 2.13. The van der Waals surface area contributed by atoms with Crippen LogP contribution in [-0.4, -0.2) is 42.0 Å². The summed E-state index contributed by atoms with van der Waals surface area (Å²) in [5, 5.41) is 22.1. The number of rotatable bonds is 10. The van der Waals surface area contributed by atoms with Gasteiger partial charge in [-0.25, -0.2) is 0 Å². The van der Waals surface area contributed by atoms with Gasteiger partial charge >= 0.3 is 0 Å². The molecule has 0 aliphatic rings. The summed E-state index contributed by atoms with van der Waals surface area (Å²) in [5.74, 6) is 0.615. The largest absolute Gasteiger partial charge is 0.497 e. The van der Waals surface area contributed by atoms with Crippen molar-refractivity contribution in [1.82, 2.24) is 5.32 Å². The monoisotopic (exact) mass is 321 g/mol. The summed E-state index contributed by atoms with van der Waals surface area (Å²) in [6.07, 6.45) is 5.64. The fraction of sp³-hybridized carbons (Fsp3) is 0.500. The molecular weight excluding hydrogens is 294 g/mol. The van der Waals surface area contributed by atoms with Crippen LogP contribution in [0.25, 0.3) is 6.08 Å². The third-order valence-corrected chi connectivity index (χ3v) is 3.56. The fourth-order valence-electron chi connectivity index (χ4n) is 2.11. The Balaban J connectivity index is 2.52. The number of amides is 1. The van der Waals surface area contributed by atoms with Crippen LogP contribution >= 0.6 is 0 Å². The van der Waals surface area contributed by atoms with Crippen LogP contribution in [0.2, 0.25) is 0 Å². The molecule has 0 unspecified atom stereocenters. The minimum atomic E-state index is -0.947. The predicted molar refractivity (Wildman–Crippen MR) is 91.2 cm³/mol. The van der Waals surface area contributed by atoms with Gasteiger partial charge in [0.25, 0.3) is 0 Å². The van der Waals surface area contributed by atoms with Gasteiger partial charge in [0.05, 0.1) is 25.9 Å². The minimum absolute atomic E-state index is 0.144. The van der Waals surface area contributed by atoms with Gasteiger partial charge in [-0.1, -0.05) is 44.1 Å². The molecule has 0 radical (unpaired) electrons. The van der Waals surface area contributed by atoms with Crippen LogP contribution in [0, 0.1) is 0 Å². The third kappa shape index (κ3) is 7.30. The lowest BCUT2D eigenvalue weighted by Gasteiger charge is -2.19. The van der Waals surface area contributed by atoms with Gasteiger partial charge in [0.1, 0.15) is 5.75 Å². The predicted octanol–water partition coefficient (Wildman–Crippen LogP) is 2.13. The summed E-state index contributed by atoms with van der Waals surface area (Å²) in [4.78, 5) is 11.8. The zero-order valence-corrected chi connectivity index (χ0v) is 13.9. The number of hydrogen-bond donors (Lipinski definition) is 3. The molecule has 23 heavy (non-hydrogen) atoms. The minimum Gasteiger partial charge on any atom is -0.497 e. The molecule has 0 aromatic heterocycles. The smallest absolute Gasteiger partial charge is 0.220 e. The average molecular weight is 321 g/mol. The summed E-state index contributed by atoms with van der Waals surface area (Å²) in [7, 11) is 1.60. The first-order valence-corrected chi connectivity index (χ1v) is 8.01. The average Bonchev–Trinajstić information content (AvgIpc) is 2.58. The Morgan fingerprint density at radius 2 is 2.00 bits per heavy atom. The molecule has 1 aromatic carbocycles. The van der Waals surface area contributed by atoms with Crippen molar-refractivity contribution in [2.24, 2.45) is 0 Å². The molecule has 1 aromatic rings. The van der Waals surface area contributed by atoms with Gasteiger partial charge in [0, 0.05) is 6.42 Å². The zero-order chi connectivity index (χ0) is 17.1. The Labute approximate surface area is 138 Å². The van der Waals surface area contributed by atoms with E-state index in [0.29, 0.717) is 6.42 Å². The van der Waals surface area contributed by atoms with Gasteiger partial charge in [-0.15, -0.1) is 0 Å². The highest BCUT2D eigenvalue weighted by atomic mass is 16.5. The molecule has 0 bridgehead atoms. The molecule has 2 atom stereocenters. The molecular formula is C18H27NO4. The van der Waals surface area contributed by atoms with Crippen LogP contribution in [0.4, 0.5) is 0 Å². The van der Waals surface area contributed by atoms with Crippen LogP contribution in [0.3, 0.4) is 0 Å². The van der Waals surface area contributed by atoms with Crippen molar-refractivity contribution in [2.45, 2.75) is 44.8 Å². The first-order valence-electron chi connectivity index (χ1n) is 8.01. The Morgan fingerprint density at radius 3 is 2.57 bits per heavy atom. The third-order valence-electron chi connectivity index (χ3n) is 3.56. The van der Waals surface area contributed by atoms with E-state index in [4.69, 9.17) is 4.74 Å². The topological polar surface area (TPSA) is 78.8 Å². The second-order valence-corrected chi connectivity index (χ2v) is 5.44. The van der Waals surface area contributed by atoms with Crippen LogP contribution in [0.5, 0.6) is 5.75 Å². The number of hydrogen-bond acceptors (Lipinski definition) is 4. The number of aliphatic hydroxyl groups is 2. The zero-order valence-electron chi connectivity index (χ0n) is 13.9. The lowest BCUT2D eigenvalue weighted by Crippen LogP contribution is -2.45. The highest BCUT2D eigenvalue weighted by Gasteiger charge is 2.17. The van der Waals surface area contributed by atoms with E-state index in [9.17, 15) is 15.0 Å².